The minimum atomic E-state index is 0.703. The third kappa shape index (κ3) is 7.31. The second kappa shape index (κ2) is 11.2. The quantitative estimate of drug-likeness (QED) is 0.336. The molecular formula is C21H22ClNO2. The maximum Gasteiger partial charge on any atom is 0.142 e. The van der Waals surface area contributed by atoms with Gasteiger partial charge in [-0.3, -0.25) is 4.79 Å². The highest BCUT2D eigenvalue weighted by molar-refractivity contribution is 6.30. The monoisotopic (exact) mass is 355 g/mol. The lowest BCUT2D eigenvalue weighted by Gasteiger charge is -2.04. The first-order valence-electron chi connectivity index (χ1n) is 7.68. The summed E-state index contributed by atoms with van der Waals surface area (Å²) < 4.78 is 0. The fourth-order valence-electron chi connectivity index (χ4n) is 2.11. The van der Waals surface area contributed by atoms with Crippen LogP contribution in [0.25, 0.3) is 17.7 Å². The number of carbonyl (C=O) groups excluding carboxylic acids is 1. The van der Waals surface area contributed by atoms with E-state index in [1.54, 1.807) is 11.6 Å². The summed E-state index contributed by atoms with van der Waals surface area (Å²) in [5, 5.41) is 8.02. The molecule has 0 amide bonds. The molecule has 2 N–H and O–H groups in total. The van der Waals surface area contributed by atoms with Gasteiger partial charge in [-0.15, -0.1) is 0 Å². The van der Waals surface area contributed by atoms with Gasteiger partial charge in [0.15, 0.2) is 0 Å². The van der Waals surface area contributed by atoms with Crippen molar-refractivity contribution < 1.29 is 10.0 Å². The Morgan fingerprint density at radius 3 is 2.52 bits per heavy atom. The van der Waals surface area contributed by atoms with E-state index in [4.69, 9.17) is 16.8 Å². The van der Waals surface area contributed by atoms with E-state index in [9.17, 15) is 4.79 Å². The van der Waals surface area contributed by atoms with Gasteiger partial charge < -0.3 is 5.21 Å². The third-order valence-electron chi connectivity index (χ3n) is 3.32. The summed E-state index contributed by atoms with van der Waals surface area (Å²) in [5.74, 6) is 0. The van der Waals surface area contributed by atoms with E-state index < -0.39 is 0 Å². The molecule has 0 saturated heterocycles. The SMILES string of the molecule is C=C(/C=C/c1ccc(/C=C/C=O)cc1C)c1cccc(Cl)c1.CNO. The molecule has 0 heterocycles. The summed E-state index contributed by atoms with van der Waals surface area (Å²) in [6, 6.07) is 13.7. The molecule has 0 aliphatic carbocycles. The Hall–Kier alpha value is -2.46. The molecule has 0 aromatic heterocycles. The molecular weight excluding hydrogens is 334 g/mol. The van der Waals surface area contributed by atoms with E-state index in [2.05, 4.69) is 6.58 Å². The Balaban J connectivity index is 0.000000970. The molecule has 2 rings (SSSR count). The van der Waals surface area contributed by atoms with E-state index in [-0.39, 0.29) is 0 Å². The zero-order valence-corrected chi connectivity index (χ0v) is 15.1. The van der Waals surface area contributed by atoms with E-state index in [0.717, 1.165) is 34.1 Å². The first-order valence-corrected chi connectivity index (χ1v) is 8.06. The number of aryl methyl sites for hydroxylation is 1. The Morgan fingerprint density at radius 2 is 1.92 bits per heavy atom. The Kier molecular flexibility index (Phi) is 9.19. The van der Waals surface area contributed by atoms with Gasteiger partial charge in [0.1, 0.15) is 6.29 Å². The van der Waals surface area contributed by atoms with Crippen LogP contribution in [0.4, 0.5) is 0 Å². The Morgan fingerprint density at radius 1 is 1.20 bits per heavy atom. The lowest BCUT2D eigenvalue weighted by molar-refractivity contribution is -0.104. The van der Waals surface area contributed by atoms with Crippen LogP contribution in [0.3, 0.4) is 0 Å². The number of nitrogens with one attached hydrogen (secondary N) is 1. The van der Waals surface area contributed by atoms with E-state index in [0.29, 0.717) is 5.02 Å². The zero-order chi connectivity index (χ0) is 18.7. The molecule has 130 valence electrons. The average molecular weight is 356 g/mol. The van der Waals surface area contributed by atoms with Crippen LogP contribution >= 0.6 is 11.6 Å². The highest BCUT2D eigenvalue weighted by Gasteiger charge is 1.98. The second-order valence-electron chi connectivity index (χ2n) is 5.20. The van der Waals surface area contributed by atoms with Gasteiger partial charge in [-0.05, 0) is 53.0 Å². The molecule has 0 unspecified atom stereocenters. The minimum Gasteiger partial charge on any atom is -0.317 e. The van der Waals surface area contributed by atoms with Gasteiger partial charge in [0.05, 0.1) is 0 Å². The highest BCUT2D eigenvalue weighted by Crippen LogP contribution is 2.20. The second-order valence-corrected chi connectivity index (χ2v) is 5.64. The van der Waals surface area contributed by atoms with Gasteiger partial charge in [-0.25, -0.2) is 5.48 Å². The van der Waals surface area contributed by atoms with Crippen LogP contribution in [0.5, 0.6) is 0 Å². The fourth-order valence-corrected chi connectivity index (χ4v) is 2.31. The smallest absolute Gasteiger partial charge is 0.142 e. The molecule has 0 bridgehead atoms. The highest BCUT2D eigenvalue weighted by atomic mass is 35.5. The van der Waals surface area contributed by atoms with Crippen molar-refractivity contribution in [3.63, 3.8) is 0 Å². The van der Waals surface area contributed by atoms with Crippen LogP contribution in [-0.4, -0.2) is 18.5 Å². The number of aldehydes is 1. The summed E-state index contributed by atoms with van der Waals surface area (Å²) in [4.78, 5) is 10.3. The maximum atomic E-state index is 10.3. The van der Waals surface area contributed by atoms with Gasteiger partial charge in [0.25, 0.3) is 0 Å². The number of halogens is 1. The first-order chi connectivity index (χ1) is 12.0. The molecule has 0 aliphatic heterocycles. The Bertz CT molecular complexity index is 779. The number of rotatable bonds is 5. The van der Waals surface area contributed by atoms with Crippen molar-refractivity contribution in [1.82, 2.24) is 5.48 Å². The van der Waals surface area contributed by atoms with Crippen molar-refractivity contribution in [2.24, 2.45) is 0 Å². The number of hydrogen-bond donors (Lipinski definition) is 2. The van der Waals surface area contributed by atoms with E-state index in [1.807, 2.05) is 61.5 Å². The molecule has 4 heteroatoms. The van der Waals surface area contributed by atoms with Gasteiger partial charge in [-0.2, -0.15) is 0 Å². The molecule has 0 radical (unpaired) electrons. The third-order valence-corrected chi connectivity index (χ3v) is 3.56. The number of benzene rings is 2. The normalized spacial score (nSPS) is 10.6. The average Bonchev–Trinajstić information content (AvgIpc) is 2.59. The lowest BCUT2D eigenvalue weighted by atomic mass is 10.0. The van der Waals surface area contributed by atoms with Gasteiger partial charge in [0.2, 0.25) is 0 Å². The summed E-state index contributed by atoms with van der Waals surface area (Å²) in [6.45, 7) is 6.12. The van der Waals surface area contributed by atoms with Crippen LogP contribution in [0.2, 0.25) is 5.02 Å². The van der Waals surface area contributed by atoms with Crippen LogP contribution in [-0.2, 0) is 4.79 Å². The summed E-state index contributed by atoms with van der Waals surface area (Å²) in [7, 11) is 1.43. The van der Waals surface area contributed by atoms with Crippen molar-refractivity contribution in [1.29, 1.82) is 0 Å². The molecule has 0 spiro atoms. The lowest BCUT2D eigenvalue weighted by Crippen LogP contribution is -1.91. The van der Waals surface area contributed by atoms with Crippen LogP contribution in [0, 0.1) is 6.92 Å². The number of hydroxylamine groups is 1. The number of hydrogen-bond acceptors (Lipinski definition) is 3. The van der Waals surface area contributed by atoms with Crippen molar-refractivity contribution in [3.8, 4) is 0 Å². The molecule has 0 atom stereocenters. The number of carbonyl (C=O) groups is 1. The van der Waals surface area contributed by atoms with E-state index in [1.165, 1.54) is 13.1 Å². The molecule has 0 aliphatic rings. The fraction of sp³-hybridized carbons (Fsp3) is 0.0952. The van der Waals surface area contributed by atoms with Gasteiger partial charge in [-0.1, -0.05) is 66.7 Å². The van der Waals surface area contributed by atoms with Crippen LogP contribution in [0.15, 0.2) is 61.2 Å². The van der Waals surface area contributed by atoms with Crippen LogP contribution < -0.4 is 5.48 Å². The maximum absolute atomic E-state index is 10.3. The summed E-state index contributed by atoms with van der Waals surface area (Å²) >= 11 is 5.99. The molecule has 0 saturated carbocycles. The largest absolute Gasteiger partial charge is 0.317 e. The summed E-state index contributed by atoms with van der Waals surface area (Å²) in [6.07, 6.45) is 8.07. The van der Waals surface area contributed by atoms with Crippen molar-refractivity contribution in [2.45, 2.75) is 6.92 Å². The topological polar surface area (TPSA) is 49.3 Å². The predicted octanol–water partition coefficient (Wildman–Crippen LogP) is 5.18. The van der Waals surface area contributed by atoms with Gasteiger partial charge >= 0.3 is 0 Å². The van der Waals surface area contributed by atoms with E-state index >= 15 is 0 Å². The van der Waals surface area contributed by atoms with Crippen molar-refractivity contribution >= 4 is 35.6 Å². The predicted molar refractivity (Wildman–Crippen MR) is 107 cm³/mol. The number of allylic oxidation sites excluding steroid dienone is 3. The standard InChI is InChI=1S/C20H17ClO.CH5NO/c1-15(19-6-3-7-20(21)14-19)8-10-18-11-9-17(5-4-12-22)13-16(18)2;1-2-3/h3-14H,1H2,2H3;2-3H,1H3/b5-4+,10-8+;. The molecule has 3 nitrogen and oxygen atoms in total. The molecule has 0 fully saturated rings. The van der Waals surface area contributed by atoms with Gasteiger partial charge in [0, 0.05) is 12.1 Å². The molecule has 2 aromatic carbocycles. The molecule has 2 aromatic rings. The summed E-state index contributed by atoms with van der Waals surface area (Å²) in [5.41, 5.74) is 6.93. The zero-order valence-electron chi connectivity index (χ0n) is 14.4. The Labute approximate surface area is 153 Å². The minimum absolute atomic E-state index is 0.703. The van der Waals surface area contributed by atoms with Crippen molar-refractivity contribution in [3.05, 3.63) is 88.5 Å². The van der Waals surface area contributed by atoms with Crippen molar-refractivity contribution in [2.75, 3.05) is 7.05 Å². The molecule has 25 heavy (non-hydrogen) atoms. The van der Waals surface area contributed by atoms with Crippen LogP contribution in [0.1, 0.15) is 22.3 Å². The first kappa shape index (κ1) is 20.6.